The Labute approximate surface area is 252 Å². The Morgan fingerprint density at radius 2 is 0.977 bits per heavy atom. The molecule has 0 unspecified atom stereocenters. The molecule has 3 aromatic carbocycles. The lowest BCUT2D eigenvalue weighted by Crippen LogP contribution is -2.16. The van der Waals surface area contributed by atoms with Crippen LogP contribution in [0.4, 0.5) is 0 Å². The van der Waals surface area contributed by atoms with E-state index in [9.17, 15) is 19.2 Å². The third-order valence-electron chi connectivity index (χ3n) is 6.56. The molecular weight excluding hydrogens is 552 g/mol. The summed E-state index contributed by atoms with van der Waals surface area (Å²) in [6.45, 7) is 6.30. The third kappa shape index (κ3) is 11.3. The molecule has 0 bridgehead atoms. The van der Waals surface area contributed by atoms with E-state index in [1.165, 1.54) is 55.5 Å². The number of ether oxygens (including phenoxy) is 5. The van der Waals surface area contributed by atoms with Gasteiger partial charge in [-0.2, -0.15) is 0 Å². The number of hydrogen-bond acceptors (Lipinski definition) is 9. The smallest absolute Gasteiger partial charge is 0.343 e. The summed E-state index contributed by atoms with van der Waals surface area (Å²) in [5.74, 6) is -0.114. The molecule has 0 heterocycles. The fourth-order valence-corrected chi connectivity index (χ4v) is 4.08. The van der Waals surface area contributed by atoms with Crippen molar-refractivity contribution in [1.82, 2.24) is 0 Å². The average Bonchev–Trinajstić information content (AvgIpc) is 3.00. The van der Waals surface area contributed by atoms with Gasteiger partial charge in [0.25, 0.3) is 0 Å². The van der Waals surface area contributed by atoms with Gasteiger partial charge in [0.2, 0.25) is 0 Å². The van der Waals surface area contributed by atoms with E-state index < -0.39 is 17.9 Å². The van der Waals surface area contributed by atoms with Crippen LogP contribution in [0.3, 0.4) is 0 Å². The van der Waals surface area contributed by atoms with E-state index >= 15 is 0 Å². The lowest BCUT2D eigenvalue weighted by molar-refractivity contribution is -0.149. The number of carbonyl (C=O) groups excluding carboxylic acids is 4. The Balaban J connectivity index is 1.35. The molecule has 0 aromatic heterocycles. The average molecular weight is 591 g/mol. The highest BCUT2D eigenvalue weighted by atomic mass is 16.5. The van der Waals surface area contributed by atoms with E-state index in [-0.39, 0.29) is 28.9 Å². The number of benzene rings is 3. The van der Waals surface area contributed by atoms with Crippen molar-refractivity contribution in [2.45, 2.75) is 59.3 Å². The predicted octanol–water partition coefficient (Wildman–Crippen LogP) is 6.97. The third-order valence-corrected chi connectivity index (χ3v) is 6.56. The predicted molar refractivity (Wildman–Crippen MR) is 160 cm³/mol. The zero-order valence-corrected chi connectivity index (χ0v) is 24.8. The van der Waals surface area contributed by atoms with Gasteiger partial charge in [-0.3, -0.25) is 9.59 Å². The van der Waals surface area contributed by atoms with Crippen molar-refractivity contribution in [3.63, 3.8) is 0 Å². The fourth-order valence-electron chi connectivity index (χ4n) is 4.08. The molecule has 0 atom stereocenters. The van der Waals surface area contributed by atoms with Gasteiger partial charge in [0.1, 0.15) is 23.0 Å². The van der Waals surface area contributed by atoms with Crippen LogP contribution in [0.25, 0.3) is 0 Å². The van der Waals surface area contributed by atoms with Crippen LogP contribution in [0, 0.1) is 5.92 Å². The molecule has 0 radical (unpaired) electrons. The van der Waals surface area contributed by atoms with E-state index in [0.29, 0.717) is 30.3 Å². The topological polar surface area (TPSA) is 114 Å². The van der Waals surface area contributed by atoms with Gasteiger partial charge in [0, 0.05) is 6.92 Å². The van der Waals surface area contributed by atoms with Gasteiger partial charge >= 0.3 is 23.9 Å². The maximum atomic E-state index is 12.6. The first kappa shape index (κ1) is 32.8. The van der Waals surface area contributed by atoms with E-state index in [0.717, 1.165) is 38.5 Å². The van der Waals surface area contributed by atoms with Crippen LogP contribution in [0.2, 0.25) is 0 Å². The first-order valence-corrected chi connectivity index (χ1v) is 14.5. The highest BCUT2D eigenvalue weighted by Crippen LogP contribution is 2.21. The second kappa shape index (κ2) is 17.3. The largest absolute Gasteiger partial charge is 0.494 e. The fraction of sp³-hybridized carbons (Fsp3) is 0.353. The highest BCUT2D eigenvalue weighted by Gasteiger charge is 2.15. The molecule has 0 aliphatic rings. The van der Waals surface area contributed by atoms with Crippen LogP contribution >= 0.6 is 0 Å². The van der Waals surface area contributed by atoms with Crippen LogP contribution in [-0.4, -0.2) is 37.1 Å². The molecule has 0 fully saturated rings. The molecule has 0 saturated heterocycles. The summed E-state index contributed by atoms with van der Waals surface area (Å²) < 4.78 is 26.8. The Bertz CT molecular complexity index is 1330. The van der Waals surface area contributed by atoms with E-state index in [1.807, 2.05) is 13.8 Å². The minimum Gasteiger partial charge on any atom is -0.494 e. The molecule has 3 rings (SSSR count). The van der Waals surface area contributed by atoms with Crippen LogP contribution in [0.5, 0.6) is 23.0 Å². The Morgan fingerprint density at radius 3 is 1.44 bits per heavy atom. The molecule has 9 heteroatoms. The molecule has 0 amide bonds. The minimum atomic E-state index is -0.591. The monoisotopic (exact) mass is 590 g/mol. The number of hydrogen-bond donors (Lipinski definition) is 0. The van der Waals surface area contributed by atoms with Crippen molar-refractivity contribution in [3.8, 4) is 23.0 Å². The van der Waals surface area contributed by atoms with Crippen molar-refractivity contribution in [1.29, 1.82) is 0 Å². The molecule has 0 saturated carbocycles. The van der Waals surface area contributed by atoms with Crippen LogP contribution in [0.1, 0.15) is 80.0 Å². The number of carbonyl (C=O) groups is 4. The van der Waals surface area contributed by atoms with E-state index in [1.54, 1.807) is 24.3 Å². The van der Waals surface area contributed by atoms with Gasteiger partial charge in [0.05, 0.1) is 30.3 Å². The molecule has 0 aliphatic heterocycles. The van der Waals surface area contributed by atoms with Crippen molar-refractivity contribution in [2.75, 3.05) is 13.2 Å². The molecule has 9 nitrogen and oxygen atoms in total. The Morgan fingerprint density at radius 1 is 0.558 bits per heavy atom. The summed E-state index contributed by atoms with van der Waals surface area (Å²) in [7, 11) is 0. The zero-order valence-electron chi connectivity index (χ0n) is 24.8. The first-order chi connectivity index (χ1) is 20.8. The molecule has 228 valence electrons. The summed E-state index contributed by atoms with van der Waals surface area (Å²) in [5.41, 5.74) is 0.627. The second-order valence-electron chi connectivity index (χ2n) is 9.84. The highest BCUT2D eigenvalue weighted by molar-refractivity contribution is 5.92. The number of esters is 4. The molecule has 0 aliphatic carbocycles. The molecule has 0 spiro atoms. The number of rotatable bonds is 16. The maximum absolute atomic E-state index is 12.6. The summed E-state index contributed by atoms with van der Waals surface area (Å²) in [4.78, 5) is 47.9. The van der Waals surface area contributed by atoms with Crippen LogP contribution < -0.4 is 18.9 Å². The minimum absolute atomic E-state index is 0.000215. The van der Waals surface area contributed by atoms with Gasteiger partial charge < -0.3 is 23.7 Å². The van der Waals surface area contributed by atoms with Crippen LogP contribution in [0.15, 0.2) is 72.8 Å². The van der Waals surface area contributed by atoms with Crippen molar-refractivity contribution < 1.29 is 42.9 Å². The van der Waals surface area contributed by atoms with Gasteiger partial charge in [-0.15, -0.1) is 0 Å². The molecule has 3 aromatic rings. The van der Waals surface area contributed by atoms with Crippen LogP contribution in [-0.2, 0) is 14.3 Å². The SMILES string of the molecule is CCC(CC)C(=O)OCCCCCCOc1ccc(C(=O)Oc2ccc(C(=O)Oc3ccc(OC(C)=O)cc3)cc2)cc1. The maximum Gasteiger partial charge on any atom is 0.343 e. The van der Waals surface area contributed by atoms with Crippen molar-refractivity contribution in [3.05, 3.63) is 83.9 Å². The molecular formula is C34H38O9. The summed E-state index contributed by atoms with van der Waals surface area (Å²) >= 11 is 0. The summed E-state index contributed by atoms with van der Waals surface area (Å²) in [6.07, 6.45) is 5.25. The molecule has 0 N–H and O–H groups in total. The summed E-state index contributed by atoms with van der Waals surface area (Å²) in [6, 6.07) is 18.8. The van der Waals surface area contributed by atoms with Crippen molar-refractivity contribution in [2.24, 2.45) is 5.92 Å². The quantitative estimate of drug-likeness (QED) is 0.0991. The van der Waals surface area contributed by atoms with Gasteiger partial charge in [-0.25, -0.2) is 9.59 Å². The van der Waals surface area contributed by atoms with Crippen molar-refractivity contribution >= 4 is 23.9 Å². The standard InChI is InChI=1S/C34H38O9/c1-4-25(5-2)32(36)40-23-9-7-6-8-22-39-28-14-10-26(11-15-28)33(37)42-30-16-12-27(13-17-30)34(38)43-31-20-18-29(19-21-31)41-24(3)35/h10-21,25H,4-9,22-23H2,1-3H3. The molecule has 43 heavy (non-hydrogen) atoms. The Kier molecular flexibility index (Phi) is 13.2. The Hall–Kier alpha value is -4.66. The van der Waals surface area contributed by atoms with Gasteiger partial charge in [-0.05, 0) is 111 Å². The summed E-state index contributed by atoms with van der Waals surface area (Å²) in [5, 5.41) is 0. The van der Waals surface area contributed by atoms with E-state index in [2.05, 4.69) is 0 Å². The zero-order chi connectivity index (χ0) is 31.0. The van der Waals surface area contributed by atoms with Gasteiger partial charge in [-0.1, -0.05) is 13.8 Å². The first-order valence-electron chi connectivity index (χ1n) is 14.5. The second-order valence-corrected chi connectivity index (χ2v) is 9.84. The lowest BCUT2D eigenvalue weighted by Gasteiger charge is -2.11. The van der Waals surface area contributed by atoms with E-state index in [4.69, 9.17) is 23.7 Å². The van der Waals surface area contributed by atoms with Gasteiger partial charge in [0.15, 0.2) is 0 Å². The lowest BCUT2D eigenvalue weighted by atomic mass is 10.0. The number of unbranched alkanes of at least 4 members (excludes halogenated alkanes) is 3. The normalized spacial score (nSPS) is 10.6.